The first-order valence-electron chi connectivity index (χ1n) is 10.6. The van der Waals surface area contributed by atoms with Gasteiger partial charge in [0.15, 0.2) is 11.8 Å². The zero-order chi connectivity index (χ0) is 30.7. The second-order valence-corrected chi connectivity index (χ2v) is 12.4. The highest BCUT2D eigenvalue weighted by molar-refractivity contribution is 7.86. The Bertz CT molecular complexity index is 1990. The monoisotopic (exact) mass is 631 g/mol. The van der Waals surface area contributed by atoms with Crippen LogP contribution < -0.4 is 21.6 Å². The molecule has 0 fully saturated rings. The van der Waals surface area contributed by atoms with Gasteiger partial charge in [0, 0.05) is 10.8 Å². The zero-order valence-electron chi connectivity index (χ0n) is 19.8. The molecule has 0 spiro atoms. The van der Waals surface area contributed by atoms with Crippen molar-refractivity contribution in [3.63, 3.8) is 0 Å². The Hall–Kier alpha value is -4.38. The van der Waals surface area contributed by atoms with Crippen molar-refractivity contribution in [3.05, 3.63) is 42.5 Å². The number of rotatable bonds is 8. The molecule has 1 aliphatic rings. The molecule has 3 aromatic carbocycles. The van der Waals surface area contributed by atoms with E-state index < -0.39 is 91.2 Å². The average Bonchev–Trinajstić information content (AvgIpc) is 3.19. The van der Waals surface area contributed by atoms with Gasteiger partial charge in [-0.1, -0.05) is 0 Å². The lowest BCUT2D eigenvalue weighted by molar-refractivity contribution is -0.130. The molecule has 0 radical (unpaired) electrons. The topological polar surface area (TPSA) is 303 Å². The average molecular weight is 632 g/mol. The van der Waals surface area contributed by atoms with Crippen LogP contribution >= 0.6 is 0 Å². The minimum absolute atomic E-state index is 0.111. The molecule has 18 nitrogen and oxygen atoms in total. The Morgan fingerprint density at radius 3 is 2.02 bits per heavy atom. The predicted octanol–water partition coefficient (Wildman–Crippen LogP) is -0.360. The van der Waals surface area contributed by atoms with Gasteiger partial charge in [-0.25, -0.2) is 10.2 Å². The lowest BCUT2D eigenvalue weighted by Gasteiger charge is -2.19. The van der Waals surface area contributed by atoms with E-state index in [4.69, 9.17) is 10.3 Å². The highest BCUT2D eigenvalue weighted by Crippen LogP contribution is 2.41. The summed E-state index contributed by atoms with van der Waals surface area (Å²) in [6.07, 6.45) is 0. The number of phenols is 1. The van der Waals surface area contributed by atoms with Crippen molar-refractivity contribution in [1.29, 1.82) is 0 Å². The van der Waals surface area contributed by atoms with Gasteiger partial charge in [0.25, 0.3) is 36.3 Å². The van der Waals surface area contributed by atoms with Gasteiger partial charge in [-0.05, 0) is 42.5 Å². The quantitative estimate of drug-likeness (QED) is 0.0681. The number of aromatic hydroxyl groups is 1. The number of amides is 1. The third-order valence-corrected chi connectivity index (χ3v) is 8.39. The molecule has 0 aromatic heterocycles. The summed E-state index contributed by atoms with van der Waals surface area (Å²) in [5, 5.41) is 23.1. The van der Waals surface area contributed by atoms with Gasteiger partial charge in [0.1, 0.15) is 15.5 Å². The first-order valence-corrected chi connectivity index (χ1v) is 14.9. The number of nitrogens with two attached hydrogens (primary N) is 1. The van der Waals surface area contributed by atoms with Crippen LogP contribution in [0.15, 0.2) is 62.3 Å². The lowest BCUT2D eigenvalue weighted by Crippen LogP contribution is -2.48. The number of hydrazine groups is 1. The largest absolute Gasteiger partial charge is 0.505 e. The molecule has 0 aliphatic carbocycles. The van der Waals surface area contributed by atoms with Gasteiger partial charge < -0.3 is 21.4 Å². The molecule has 0 bridgehead atoms. The minimum atomic E-state index is -5.25. The third-order valence-electron chi connectivity index (χ3n) is 5.67. The van der Waals surface area contributed by atoms with Crippen LogP contribution in [0.25, 0.3) is 10.8 Å². The van der Waals surface area contributed by atoms with Gasteiger partial charge in [-0.15, -0.1) is 0 Å². The molecule has 9 N–H and O–H groups in total. The number of carboxylic acid groups (broad SMARTS) is 1. The van der Waals surface area contributed by atoms with Crippen LogP contribution in [0.2, 0.25) is 0 Å². The molecular weight excluding hydrogens is 614 g/mol. The summed E-state index contributed by atoms with van der Waals surface area (Å²) >= 11 is 0. The summed E-state index contributed by atoms with van der Waals surface area (Å²) in [5.41, 5.74) is 7.72. The number of hydrazone groups is 1. The number of nitrogens with zero attached hydrogens (tertiary/aromatic N) is 2. The fourth-order valence-electron chi connectivity index (χ4n) is 3.85. The van der Waals surface area contributed by atoms with Crippen LogP contribution in [-0.4, -0.2) is 72.8 Å². The van der Waals surface area contributed by atoms with E-state index in [-0.39, 0.29) is 11.1 Å². The van der Waals surface area contributed by atoms with Crippen molar-refractivity contribution in [2.24, 2.45) is 5.10 Å². The molecule has 1 unspecified atom stereocenters. The molecule has 3 aromatic rings. The fourth-order valence-corrected chi connectivity index (χ4v) is 5.82. The van der Waals surface area contributed by atoms with E-state index in [2.05, 4.69) is 16.0 Å². The number of aliphatic carboxylic acids is 1. The van der Waals surface area contributed by atoms with Crippen molar-refractivity contribution >= 4 is 75.8 Å². The normalized spacial score (nSPS) is 16.2. The smallest absolute Gasteiger partial charge is 0.354 e. The third kappa shape index (κ3) is 5.49. The van der Waals surface area contributed by atoms with Crippen molar-refractivity contribution in [3.8, 4) is 5.75 Å². The van der Waals surface area contributed by atoms with Gasteiger partial charge in [0.05, 0.1) is 22.0 Å². The number of benzene rings is 3. The molecule has 0 saturated carbocycles. The first kappa shape index (κ1) is 29.6. The number of hydrogen-bond donors (Lipinski definition) is 8. The lowest BCUT2D eigenvalue weighted by atomic mass is 10.1. The molecule has 41 heavy (non-hydrogen) atoms. The Morgan fingerprint density at radius 2 is 1.51 bits per heavy atom. The SMILES string of the molecule is Nc1c(S(=O)(=O)O)cc2c(S(=O)(=O)O)c(NNC3C(=O)N(c4ccc(S(=O)(=O)O)cc4)N=C3C(=O)O)ccc2c1O. The minimum Gasteiger partial charge on any atom is -0.505 e. The van der Waals surface area contributed by atoms with Crippen LogP contribution in [-0.2, 0) is 39.9 Å². The summed E-state index contributed by atoms with van der Waals surface area (Å²) in [6, 6.07) is 4.68. The highest BCUT2D eigenvalue weighted by atomic mass is 32.2. The predicted molar refractivity (Wildman–Crippen MR) is 139 cm³/mol. The molecule has 1 atom stereocenters. The zero-order valence-corrected chi connectivity index (χ0v) is 22.3. The Balaban J connectivity index is 1.75. The van der Waals surface area contributed by atoms with Gasteiger partial charge in [-0.2, -0.15) is 35.4 Å². The highest BCUT2D eigenvalue weighted by Gasteiger charge is 2.41. The number of carbonyl (C=O) groups is 2. The molecular formula is C20H17N5O13S3. The Labute approximate surface area is 229 Å². The number of anilines is 3. The van der Waals surface area contributed by atoms with E-state index in [1.54, 1.807) is 0 Å². The van der Waals surface area contributed by atoms with Gasteiger partial charge >= 0.3 is 5.97 Å². The van der Waals surface area contributed by atoms with Crippen molar-refractivity contribution in [1.82, 2.24) is 5.43 Å². The Morgan fingerprint density at radius 1 is 0.902 bits per heavy atom. The summed E-state index contributed by atoms with van der Waals surface area (Å²) in [4.78, 5) is 22.1. The maximum atomic E-state index is 13.0. The van der Waals surface area contributed by atoms with E-state index in [0.29, 0.717) is 11.1 Å². The number of nitrogens with one attached hydrogen (secondary N) is 2. The van der Waals surface area contributed by atoms with E-state index in [1.807, 2.05) is 0 Å². The molecule has 21 heteroatoms. The molecule has 218 valence electrons. The van der Waals surface area contributed by atoms with Gasteiger partial charge in [-0.3, -0.25) is 18.5 Å². The number of hydrogen-bond acceptors (Lipinski definition) is 13. The molecule has 1 heterocycles. The summed E-state index contributed by atoms with van der Waals surface area (Å²) < 4.78 is 99.0. The summed E-state index contributed by atoms with van der Waals surface area (Å²) in [6.45, 7) is 0. The van der Waals surface area contributed by atoms with Crippen LogP contribution in [0.3, 0.4) is 0 Å². The summed E-state index contributed by atoms with van der Waals surface area (Å²) in [5.74, 6) is -3.69. The van der Waals surface area contributed by atoms with Crippen molar-refractivity contribution in [2.45, 2.75) is 20.7 Å². The fraction of sp³-hybridized carbons (Fsp3) is 0.0500. The van der Waals surface area contributed by atoms with E-state index in [1.165, 1.54) is 0 Å². The second-order valence-electron chi connectivity index (χ2n) is 8.24. The summed E-state index contributed by atoms with van der Waals surface area (Å²) in [7, 11) is -14.9. The number of carboxylic acids is 1. The standard InChI is InChI=1S/C20H17N5O13S3/c21-14-13(40(33,34)35)7-11-10(17(14)26)5-6-12(18(11)41(36,37)38)22-23-15-16(20(28)29)24-25(19(15)27)8-1-3-9(4-2-8)39(30,31)32/h1-7,15,22-23,26H,21H2,(H,28,29)(H,30,31,32)(H,33,34,35)(H,36,37,38). The molecule has 0 saturated heterocycles. The van der Waals surface area contributed by atoms with Crippen molar-refractivity contribution < 1.29 is 58.7 Å². The number of fused-ring (bicyclic) bond motifs is 1. The number of phenolic OH excluding ortho intramolecular Hbond substituents is 1. The Kier molecular flexibility index (Phi) is 7.16. The van der Waals surface area contributed by atoms with Crippen LogP contribution in [0.4, 0.5) is 17.1 Å². The maximum absolute atomic E-state index is 13.0. The van der Waals surface area contributed by atoms with E-state index in [0.717, 1.165) is 36.4 Å². The molecule has 1 aliphatic heterocycles. The number of nitrogen functional groups attached to an aromatic ring is 1. The number of carbonyl (C=O) groups excluding carboxylic acids is 1. The molecule has 4 rings (SSSR count). The van der Waals surface area contributed by atoms with Gasteiger partial charge in [0.2, 0.25) is 0 Å². The van der Waals surface area contributed by atoms with Crippen LogP contribution in [0, 0.1) is 0 Å². The first-order chi connectivity index (χ1) is 18.8. The maximum Gasteiger partial charge on any atom is 0.354 e. The van der Waals surface area contributed by atoms with Crippen LogP contribution in [0.5, 0.6) is 5.75 Å². The van der Waals surface area contributed by atoms with E-state index in [9.17, 15) is 54.2 Å². The van der Waals surface area contributed by atoms with Crippen LogP contribution in [0.1, 0.15) is 0 Å². The molecule has 1 amide bonds. The second kappa shape index (κ2) is 9.91. The van der Waals surface area contributed by atoms with Crippen molar-refractivity contribution in [2.75, 3.05) is 16.2 Å². The van der Waals surface area contributed by atoms with E-state index >= 15 is 0 Å².